The highest BCUT2D eigenvalue weighted by Gasteiger charge is 2.23. The summed E-state index contributed by atoms with van der Waals surface area (Å²) in [5.41, 5.74) is 3.43. The Morgan fingerprint density at radius 1 is 1.16 bits per heavy atom. The molecule has 9 heteroatoms. The molecule has 7 nitrogen and oxygen atoms in total. The van der Waals surface area contributed by atoms with Crippen molar-refractivity contribution in [2.75, 3.05) is 0 Å². The van der Waals surface area contributed by atoms with Crippen molar-refractivity contribution < 1.29 is 4.79 Å². The van der Waals surface area contributed by atoms with Crippen LogP contribution in [0.1, 0.15) is 45.4 Å². The molecule has 0 atom stereocenters. The fourth-order valence-corrected chi connectivity index (χ4v) is 5.13. The van der Waals surface area contributed by atoms with Gasteiger partial charge in [-0.2, -0.15) is 0 Å². The van der Waals surface area contributed by atoms with E-state index in [-0.39, 0.29) is 11.6 Å². The van der Waals surface area contributed by atoms with E-state index < -0.39 is 0 Å². The Labute approximate surface area is 192 Å². The van der Waals surface area contributed by atoms with Gasteiger partial charge in [0.05, 0.1) is 25.0 Å². The minimum absolute atomic E-state index is 0.254. The van der Waals surface area contributed by atoms with Crippen molar-refractivity contribution in [1.29, 1.82) is 0 Å². The molecule has 1 aromatic carbocycles. The summed E-state index contributed by atoms with van der Waals surface area (Å²) < 4.78 is 4.80. The Kier molecular flexibility index (Phi) is 4.69. The lowest BCUT2D eigenvalue weighted by molar-refractivity contribution is 0.0946. The minimum Gasteiger partial charge on any atom is -0.346 e. The summed E-state index contributed by atoms with van der Waals surface area (Å²) in [6.07, 6.45) is 8.36. The van der Waals surface area contributed by atoms with Crippen LogP contribution in [0.4, 0.5) is 0 Å². The summed E-state index contributed by atoms with van der Waals surface area (Å²) in [5, 5.41) is 12.9. The van der Waals surface area contributed by atoms with Crippen molar-refractivity contribution in [3.8, 4) is 0 Å². The van der Waals surface area contributed by atoms with Crippen LogP contribution >= 0.6 is 22.9 Å². The normalized spacial score (nSPS) is 13.8. The zero-order valence-corrected chi connectivity index (χ0v) is 18.6. The van der Waals surface area contributed by atoms with Gasteiger partial charge in [0, 0.05) is 27.0 Å². The lowest BCUT2D eigenvalue weighted by Crippen LogP contribution is -2.22. The van der Waals surface area contributed by atoms with E-state index >= 15 is 0 Å². The Bertz CT molecular complexity index is 1460. The maximum absolute atomic E-state index is 12.5. The highest BCUT2D eigenvalue weighted by Crippen LogP contribution is 2.39. The standard InChI is InChI=1S/C23H19ClN6OS/c24-17-5-3-15-7-19(32-21(15)8-17)9-25-23(31)20-13-30(28-27-20)12-18-11-29-10-16(14-1-2-14)4-6-22(29)26-18/h3-8,10-11,13-14H,1-2,9,12H2,(H,25,31). The Balaban J connectivity index is 1.12. The lowest BCUT2D eigenvalue weighted by Gasteiger charge is -1.99. The summed E-state index contributed by atoms with van der Waals surface area (Å²) in [6, 6.07) is 12.1. The number of aromatic nitrogens is 5. The van der Waals surface area contributed by atoms with E-state index in [9.17, 15) is 4.79 Å². The number of halogens is 1. The Morgan fingerprint density at radius 2 is 2.06 bits per heavy atom. The highest BCUT2D eigenvalue weighted by molar-refractivity contribution is 7.19. The Morgan fingerprint density at radius 3 is 2.94 bits per heavy atom. The van der Waals surface area contributed by atoms with Crippen LogP contribution in [0.2, 0.25) is 5.02 Å². The van der Waals surface area contributed by atoms with E-state index in [1.807, 2.05) is 24.4 Å². The number of amides is 1. The maximum Gasteiger partial charge on any atom is 0.273 e. The molecule has 0 radical (unpaired) electrons. The second-order valence-electron chi connectivity index (χ2n) is 8.11. The molecule has 160 valence electrons. The first-order valence-electron chi connectivity index (χ1n) is 10.4. The number of imidazole rings is 1. The smallest absolute Gasteiger partial charge is 0.273 e. The zero-order chi connectivity index (χ0) is 21.7. The monoisotopic (exact) mass is 462 g/mol. The third-order valence-corrected chi connectivity index (χ3v) is 6.96. The molecule has 4 aromatic heterocycles. The van der Waals surface area contributed by atoms with Crippen LogP contribution in [0.25, 0.3) is 15.7 Å². The molecule has 1 aliphatic rings. The van der Waals surface area contributed by atoms with E-state index in [1.165, 1.54) is 18.4 Å². The molecule has 1 aliphatic carbocycles. The zero-order valence-electron chi connectivity index (χ0n) is 17.0. The van der Waals surface area contributed by atoms with Gasteiger partial charge in [0.25, 0.3) is 5.91 Å². The van der Waals surface area contributed by atoms with Gasteiger partial charge in [-0.15, -0.1) is 16.4 Å². The number of rotatable bonds is 6. The van der Waals surface area contributed by atoms with Gasteiger partial charge < -0.3 is 9.72 Å². The van der Waals surface area contributed by atoms with Gasteiger partial charge >= 0.3 is 0 Å². The van der Waals surface area contributed by atoms with E-state index in [0.29, 0.717) is 24.0 Å². The van der Waals surface area contributed by atoms with Gasteiger partial charge in [0.15, 0.2) is 5.69 Å². The Hall–Kier alpha value is -3.23. The van der Waals surface area contributed by atoms with E-state index in [4.69, 9.17) is 11.6 Å². The van der Waals surface area contributed by atoms with Gasteiger partial charge in [0.2, 0.25) is 0 Å². The molecule has 5 aromatic rings. The second kappa shape index (κ2) is 7.72. The number of hydrogen-bond acceptors (Lipinski definition) is 5. The molecule has 1 amide bonds. The van der Waals surface area contributed by atoms with Crippen molar-refractivity contribution in [3.63, 3.8) is 0 Å². The number of nitrogens with one attached hydrogen (secondary N) is 1. The lowest BCUT2D eigenvalue weighted by atomic mass is 10.2. The fourth-order valence-electron chi connectivity index (χ4n) is 3.85. The van der Waals surface area contributed by atoms with Crippen molar-refractivity contribution in [2.24, 2.45) is 0 Å². The summed E-state index contributed by atoms with van der Waals surface area (Å²) in [5.74, 6) is 0.447. The molecule has 1 N–H and O–H groups in total. The van der Waals surface area contributed by atoms with Crippen LogP contribution in [-0.2, 0) is 13.1 Å². The topological polar surface area (TPSA) is 77.1 Å². The van der Waals surface area contributed by atoms with Gasteiger partial charge in [-0.3, -0.25) is 4.79 Å². The minimum atomic E-state index is -0.254. The largest absolute Gasteiger partial charge is 0.346 e. The van der Waals surface area contributed by atoms with Crippen LogP contribution in [0.5, 0.6) is 0 Å². The first-order valence-corrected chi connectivity index (χ1v) is 11.6. The summed E-state index contributed by atoms with van der Waals surface area (Å²) in [6.45, 7) is 0.885. The maximum atomic E-state index is 12.5. The first-order chi connectivity index (χ1) is 15.6. The summed E-state index contributed by atoms with van der Waals surface area (Å²) in [4.78, 5) is 18.2. The van der Waals surface area contributed by atoms with Crippen LogP contribution in [0, 0.1) is 0 Å². The highest BCUT2D eigenvalue weighted by atomic mass is 35.5. The number of fused-ring (bicyclic) bond motifs is 2. The van der Waals surface area contributed by atoms with Gasteiger partial charge in [-0.05, 0) is 54.0 Å². The molecule has 0 spiro atoms. The number of thiophene rings is 1. The van der Waals surface area contributed by atoms with Crippen LogP contribution in [0.3, 0.4) is 0 Å². The summed E-state index contributed by atoms with van der Waals surface area (Å²) in [7, 11) is 0. The molecular formula is C23H19ClN6OS. The SMILES string of the molecule is O=C(NCc1cc2ccc(Cl)cc2s1)c1cn(Cc2cn3cc(C4CC4)ccc3n2)nn1. The average Bonchev–Trinajstić information content (AvgIpc) is 3.20. The average molecular weight is 463 g/mol. The number of benzene rings is 1. The molecule has 0 unspecified atom stereocenters. The number of nitrogens with zero attached hydrogens (tertiary/aromatic N) is 5. The molecule has 1 saturated carbocycles. The quantitative estimate of drug-likeness (QED) is 0.398. The van der Waals surface area contributed by atoms with Crippen molar-refractivity contribution in [3.05, 3.63) is 81.8 Å². The number of pyridine rings is 1. The van der Waals surface area contributed by atoms with E-state index in [0.717, 1.165) is 26.3 Å². The molecule has 0 bridgehead atoms. The van der Waals surface area contributed by atoms with Crippen LogP contribution in [0.15, 0.2) is 55.0 Å². The predicted molar refractivity (Wildman–Crippen MR) is 124 cm³/mol. The van der Waals surface area contributed by atoms with Gasteiger partial charge in [0.1, 0.15) is 5.65 Å². The predicted octanol–water partition coefficient (Wildman–Crippen LogP) is 4.65. The fraction of sp³-hybridized carbons (Fsp3) is 0.217. The number of carbonyl (C=O) groups excluding carboxylic acids is 1. The number of hydrogen-bond donors (Lipinski definition) is 1. The number of carbonyl (C=O) groups is 1. The molecule has 1 fully saturated rings. The van der Waals surface area contributed by atoms with Gasteiger partial charge in [-0.1, -0.05) is 28.9 Å². The molecular weight excluding hydrogens is 444 g/mol. The van der Waals surface area contributed by atoms with E-state index in [1.54, 1.807) is 22.2 Å². The van der Waals surface area contributed by atoms with E-state index in [2.05, 4.69) is 49.4 Å². The molecule has 4 heterocycles. The first kappa shape index (κ1) is 19.5. The molecule has 32 heavy (non-hydrogen) atoms. The molecule has 0 saturated heterocycles. The molecule has 6 rings (SSSR count). The summed E-state index contributed by atoms with van der Waals surface area (Å²) >= 11 is 7.67. The van der Waals surface area contributed by atoms with Crippen LogP contribution in [-0.4, -0.2) is 30.3 Å². The third-order valence-electron chi connectivity index (χ3n) is 5.62. The van der Waals surface area contributed by atoms with Crippen molar-refractivity contribution in [2.45, 2.75) is 31.8 Å². The third kappa shape index (κ3) is 3.87. The van der Waals surface area contributed by atoms with Gasteiger partial charge in [-0.25, -0.2) is 9.67 Å². The van der Waals surface area contributed by atoms with Crippen molar-refractivity contribution in [1.82, 2.24) is 29.7 Å². The van der Waals surface area contributed by atoms with Crippen molar-refractivity contribution >= 4 is 44.6 Å². The molecule has 0 aliphatic heterocycles. The second-order valence-corrected chi connectivity index (χ2v) is 9.72. The van der Waals surface area contributed by atoms with Crippen LogP contribution < -0.4 is 5.32 Å².